The van der Waals surface area contributed by atoms with Crippen LogP contribution >= 0.6 is 11.6 Å². The predicted molar refractivity (Wildman–Crippen MR) is 162 cm³/mol. The molecular formula is C33H36ClNO7. The average molecular weight is 594 g/mol. The van der Waals surface area contributed by atoms with Crippen LogP contribution < -0.4 is 10.1 Å². The molecule has 42 heavy (non-hydrogen) atoms. The third kappa shape index (κ3) is 8.12. The fourth-order valence-electron chi connectivity index (χ4n) is 4.67. The number of rotatable bonds is 15. The normalized spacial score (nSPS) is 11.8. The van der Waals surface area contributed by atoms with E-state index in [1.165, 1.54) is 7.11 Å². The van der Waals surface area contributed by atoms with Crippen molar-refractivity contribution in [1.29, 1.82) is 0 Å². The molecule has 0 saturated carbocycles. The number of aryl methyl sites for hydroxylation is 2. The number of methoxy groups -OCH3 is 1. The third-order valence-corrected chi connectivity index (χ3v) is 6.94. The molecule has 9 heteroatoms. The van der Waals surface area contributed by atoms with Gasteiger partial charge in [0.1, 0.15) is 17.9 Å². The zero-order chi connectivity index (χ0) is 29.9. The van der Waals surface area contributed by atoms with Crippen molar-refractivity contribution in [2.45, 2.75) is 32.2 Å². The van der Waals surface area contributed by atoms with E-state index in [-0.39, 0.29) is 37.7 Å². The number of furan rings is 1. The van der Waals surface area contributed by atoms with Crippen LogP contribution in [0, 0.1) is 6.92 Å². The maximum atomic E-state index is 13.4. The first kappa shape index (κ1) is 31.1. The summed E-state index contributed by atoms with van der Waals surface area (Å²) in [6.07, 6.45) is 1.09. The monoisotopic (exact) mass is 593 g/mol. The Hall–Kier alpha value is -3.85. The number of carbonyl (C=O) groups is 2. The van der Waals surface area contributed by atoms with E-state index in [4.69, 9.17) is 30.2 Å². The number of benzene rings is 3. The lowest BCUT2D eigenvalue weighted by Gasteiger charge is -2.16. The maximum Gasteiger partial charge on any atom is 0.342 e. The molecule has 1 amide bonds. The van der Waals surface area contributed by atoms with E-state index in [1.54, 1.807) is 6.07 Å². The SMILES string of the molecule is COc1cc(CCC(=O)N[C@H](CO)Cc2ccccc2)cc2c(C(=O)OCCOCCCl)c(-c3ccc(C)cc3)oc12. The molecule has 0 aliphatic heterocycles. The fraction of sp³-hybridized carbons (Fsp3) is 0.333. The van der Waals surface area contributed by atoms with Crippen LogP contribution in [-0.2, 0) is 27.1 Å². The van der Waals surface area contributed by atoms with E-state index in [1.807, 2.05) is 67.6 Å². The molecule has 0 radical (unpaired) electrons. The Balaban J connectivity index is 1.58. The summed E-state index contributed by atoms with van der Waals surface area (Å²) in [6, 6.07) is 20.6. The molecule has 2 N–H and O–H groups in total. The van der Waals surface area contributed by atoms with Crippen LogP contribution in [0.3, 0.4) is 0 Å². The van der Waals surface area contributed by atoms with Gasteiger partial charge in [0, 0.05) is 23.3 Å². The van der Waals surface area contributed by atoms with Gasteiger partial charge in [0.25, 0.3) is 0 Å². The number of ether oxygens (including phenoxy) is 3. The van der Waals surface area contributed by atoms with Crippen LogP contribution in [0.2, 0.25) is 0 Å². The highest BCUT2D eigenvalue weighted by molar-refractivity contribution is 6.18. The maximum absolute atomic E-state index is 13.4. The highest BCUT2D eigenvalue weighted by Crippen LogP contribution is 2.39. The number of esters is 1. The Labute approximate surface area is 250 Å². The lowest BCUT2D eigenvalue weighted by Crippen LogP contribution is -2.39. The number of aliphatic hydroxyl groups excluding tert-OH is 1. The van der Waals surface area contributed by atoms with Gasteiger partial charge >= 0.3 is 5.97 Å². The molecule has 0 fully saturated rings. The summed E-state index contributed by atoms with van der Waals surface area (Å²) in [5.74, 6) is 0.428. The fourth-order valence-corrected chi connectivity index (χ4v) is 4.78. The molecule has 1 atom stereocenters. The number of aliphatic hydroxyl groups is 1. The molecule has 222 valence electrons. The second-order valence-corrected chi connectivity index (χ2v) is 10.3. The van der Waals surface area contributed by atoms with E-state index in [0.29, 0.717) is 47.8 Å². The Morgan fingerprint density at radius 2 is 1.76 bits per heavy atom. The number of fused-ring (bicyclic) bond motifs is 1. The van der Waals surface area contributed by atoms with Gasteiger partial charge in [-0.25, -0.2) is 4.79 Å². The minimum atomic E-state index is -0.553. The van der Waals surface area contributed by atoms with Gasteiger partial charge in [-0.05, 0) is 43.0 Å². The molecule has 0 saturated heterocycles. The van der Waals surface area contributed by atoms with E-state index in [2.05, 4.69) is 5.32 Å². The molecule has 1 aromatic heterocycles. The number of hydrogen-bond acceptors (Lipinski definition) is 7. The largest absolute Gasteiger partial charge is 0.493 e. The van der Waals surface area contributed by atoms with Gasteiger partial charge in [0.15, 0.2) is 11.3 Å². The number of carbonyl (C=O) groups excluding carboxylic acids is 2. The second-order valence-electron chi connectivity index (χ2n) is 9.92. The Morgan fingerprint density at radius 1 is 1.00 bits per heavy atom. The van der Waals surface area contributed by atoms with Crippen molar-refractivity contribution in [3.63, 3.8) is 0 Å². The van der Waals surface area contributed by atoms with Crippen LogP contribution in [0.4, 0.5) is 0 Å². The molecule has 3 aromatic carbocycles. The molecule has 1 heterocycles. The molecule has 0 spiro atoms. The van der Waals surface area contributed by atoms with E-state index >= 15 is 0 Å². The highest BCUT2D eigenvalue weighted by Gasteiger charge is 2.26. The van der Waals surface area contributed by atoms with Gasteiger partial charge in [-0.15, -0.1) is 11.6 Å². The minimum Gasteiger partial charge on any atom is -0.493 e. The average Bonchev–Trinajstić information content (AvgIpc) is 3.39. The summed E-state index contributed by atoms with van der Waals surface area (Å²) in [5, 5.41) is 13.3. The zero-order valence-electron chi connectivity index (χ0n) is 23.9. The quantitative estimate of drug-likeness (QED) is 0.107. The molecule has 8 nitrogen and oxygen atoms in total. The lowest BCUT2D eigenvalue weighted by molar-refractivity contribution is -0.122. The summed E-state index contributed by atoms with van der Waals surface area (Å²) >= 11 is 5.65. The van der Waals surface area contributed by atoms with E-state index < -0.39 is 12.0 Å². The highest BCUT2D eigenvalue weighted by atomic mass is 35.5. The first-order valence-corrected chi connectivity index (χ1v) is 14.4. The van der Waals surface area contributed by atoms with Gasteiger partial charge in [-0.3, -0.25) is 4.79 Å². The van der Waals surface area contributed by atoms with Crippen molar-refractivity contribution < 1.29 is 33.3 Å². The number of amides is 1. The van der Waals surface area contributed by atoms with Gasteiger partial charge in [-0.2, -0.15) is 0 Å². The van der Waals surface area contributed by atoms with Crippen LogP contribution in [0.15, 0.2) is 71.1 Å². The Bertz CT molecular complexity index is 1470. The van der Waals surface area contributed by atoms with E-state index in [9.17, 15) is 14.7 Å². The van der Waals surface area contributed by atoms with E-state index in [0.717, 1.165) is 22.3 Å². The number of halogens is 1. The third-order valence-electron chi connectivity index (χ3n) is 6.79. The van der Waals surface area contributed by atoms with Crippen molar-refractivity contribution in [1.82, 2.24) is 5.32 Å². The standard InChI is InChI=1S/C33H36ClNO7/c1-22-8-11-25(12-9-22)31-30(33(38)41-17-16-40-15-14-34)27-19-24(20-28(39-2)32(27)42-31)10-13-29(37)35-26(21-36)18-23-6-4-3-5-7-23/h3-9,11-12,19-20,26,36H,10,13-18,21H2,1-2H3,(H,35,37)/t26-/m0/s1. The van der Waals surface area contributed by atoms with Crippen LogP contribution in [-0.4, -0.2) is 62.4 Å². The van der Waals surface area contributed by atoms with Crippen LogP contribution in [0.5, 0.6) is 5.75 Å². The predicted octanol–water partition coefficient (Wildman–Crippen LogP) is 5.48. The number of alkyl halides is 1. The summed E-state index contributed by atoms with van der Waals surface area (Å²) in [5.41, 5.74) is 4.29. The Morgan fingerprint density at radius 3 is 2.45 bits per heavy atom. The minimum absolute atomic E-state index is 0.0573. The van der Waals surface area contributed by atoms with Crippen molar-refractivity contribution in [2.24, 2.45) is 0 Å². The lowest BCUT2D eigenvalue weighted by atomic mass is 10.0. The summed E-state index contributed by atoms with van der Waals surface area (Å²) in [7, 11) is 1.53. The van der Waals surface area contributed by atoms with Crippen molar-refractivity contribution in [2.75, 3.05) is 39.4 Å². The molecule has 4 rings (SSSR count). The number of nitrogens with one attached hydrogen (secondary N) is 1. The molecule has 4 aromatic rings. The topological polar surface area (TPSA) is 107 Å². The second kappa shape index (κ2) is 15.4. The number of hydrogen-bond donors (Lipinski definition) is 2. The first-order chi connectivity index (χ1) is 20.4. The molecule has 0 unspecified atom stereocenters. The van der Waals surface area contributed by atoms with Crippen LogP contribution in [0.1, 0.15) is 33.5 Å². The molecule has 0 aliphatic carbocycles. The smallest absolute Gasteiger partial charge is 0.342 e. The summed E-state index contributed by atoms with van der Waals surface area (Å²) < 4.78 is 22.8. The molecule has 0 aliphatic rings. The van der Waals surface area contributed by atoms with Gasteiger partial charge in [-0.1, -0.05) is 60.2 Å². The summed E-state index contributed by atoms with van der Waals surface area (Å²) in [6.45, 7) is 2.45. The van der Waals surface area contributed by atoms with Crippen molar-refractivity contribution in [3.8, 4) is 17.1 Å². The van der Waals surface area contributed by atoms with Gasteiger partial charge in [0.05, 0.1) is 33.0 Å². The summed E-state index contributed by atoms with van der Waals surface area (Å²) in [4.78, 5) is 26.2. The van der Waals surface area contributed by atoms with Crippen molar-refractivity contribution in [3.05, 3.63) is 89.0 Å². The molecular weight excluding hydrogens is 558 g/mol. The van der Waals surface area contributed by atoms with Crippen LogP contribution in [0.25, 0.3) is 22.3 Å². The van der Waals surface area contributed by atoms with Gasteiger partial charge in [0.2, 0.25) is 5.91 Å². The zero-order valence-corrected chi connectivity index (χ0v) is 24.6. The first-order valence-electron chi connectivity index (χ1n) is 13.9. The molecule has 0 bridgehead atoms. The Kier molecular flexibility index (Phi) is 11.4. The van der Waals surface area contributed by atoms with Crippen molar-refractivity contribution >= 4 is 34.4 Å². The van der Waals surface area contributed by atoms with Gasteiger partial charge < -0.3 is 29.1 Å².